The predicted octanol–water partition coefficient (Wildman–Crippen LogP) is 12.9. The summed E-state index contributed by atoms with van der Waals surface area (Å²) in [6.07, 6.45) is 4.00. The number of hydrogen-bond acceptors (Lipinski definition) is 7. The van der Waals surface area contributed by atoms with E-state index in [4.69, 9.17) is 24.1 Å². The van der Waals surface area contributed by atoms with Crippen molar-refractivity contribution in [1.82, 2.24) is 15.0 Å². The van der Waals surface area contributed by atoms with Crippen molar-refractivity contribution in [2.45, 2.75) is 122 Å². The number of pyridine rings is 1. The topological polar surface area (TPSA) is 60.4 Å². The molecule has 2 fully saturated rings. The summed E-state index contributed by atoms with van der Waals surface area (Å²) in [5, 5.41) is 4.61. The van der Waals surface area contributed by atoms with Gasteiger partial charge in [-0.15, -0.1) is 5.54 Å². The van der Waals surface area contributed by atoms with Crippen LogP contribution in [0, 0.1) is 41.9 Å². The molecule has 2 aromatic heterocycles. The van der Waals surface area contributed by atoms with Crippen molar-refractivity contribution in [1.29, 1.82) is 0 Å². The highest BCUT2D eigenvalue weighted by Crippen LogP contribution is 2.48. The van der Waals surface area contributed by atoms with Gasteiger partial charge < -0.3 is 14.1 Å². The molecule has 11 heteroatoms. The molecule has 6 aromatic rings. The van der Waals surface area contributed by atoms with Crippen molar-refractivity contribution in [3.8, 4) is 28.6 Å². The van der Waals surface area contributed by atoms with Crippen molar-refractivity contribution in [3.63, 3.8) is 0 Å². The molecule has 0 amide bonds. The molecule has 8 rings (SSSR count). The van der Waals surface area contributed by atoms with Gasteiger partial charge in [-0.1, -0.05) is 153 Å². The fraction of sp³-hybridized carbons (Fsp3) is 0.436. The zero-order valence-electron chi connectivity index (χ0n) is 40.9. The number of anilines is 1. The number of nitrogens with zero attached hydrogens (tertiary/aromatic N) is 4. The molecule has 0 spiro atoms. The SMILES string of the molecule is CCOc1nc(-c2cc(C)cc3ccc(F)c(C#C[Si](C(C)C)(C(C)C)C(C)C)c23)c(F)c2nc(SC)nc(N3C[C@H]4CC[C@@H](C3)C4O[Si](c3ccccc3)(c3ccccc3)C(C)(C)C)c12. The maximum atomic E-state index is 17.9. The maximum Gasteiger partial charge on any atom is 0.261 e. The zero-order valence-corrected chi connectivity index (χ0v) is 43.7. The second-order valence-corrected chi connectivity index (χ2v) is 31.1. The number of thioether (sulfide) groups is 1. The van der Waals surface area contributed by atoms with Crippen molar-refractivity contribution < 1.29 is 17.9 Å². The summed E-state index contributed by atoms with van der Waals surface area (Å²) >= 11 is 1.38. The smallest absolute Gasteiger partial charge is 0.261 e. The van der Waals surface area contributed by atoms with Crippen molar-refractivity contribution in [2.75, 3.05) is 30.9 Å². The van der Waals surface area contributed by atoms with Gasteiger partial charge in [0.25, 0.3) is 8.32 Å². The third-order valence-electron chi connectivity index (χ3n) is 14.7. The predicted molar refractivity (Wildman–Crippen MR) is 277 cm³/mol. The van der Waals surface area contributed by atoms with Crippen LogP contribution in [0.2, 0.25) is 21.7 Å². The highest BCUT2D eigenvalue weighted by Gasteiger charge is 2.55. The van der Waals surface area contributed by atoms with E-state index in [0.717, 1.165) is 23.8 Å². The molecule has 1 aliphatic heterocycles. The number of aromatic nitrogens is 3. The first-order valence-electron chi connectivity index (χ1n) is 23.8. The van der Waals surface area contributed by atoms with Gasteiger partial charge in [0.1, 0.15) is 36.3 Å². The number of ether oxygens (including phenoxy) is 1. The number of benzene rings is 4. The van der Waals surface area contributed by atoms with Gasteiger partial charge in [0.15, 0.2) is 11.0 Å². The Hall–Kier alpha value is -4.61. The molecule has 2 aliphatic rings. The molecule has 1 unspecified atom stereocenters. The molecule has 1 saturated heterocycles. The Bertz CT molecular complexity index is 2730. The van der Waals surface area contributed by atoms with Gasteiger partial charge in [0.2, 0.25) is 5.88 Å². The molecular weight excluding hydrogens is 875 g/mol. The average molecular weight is 941 g/mol. The second-order valence-electron chi connectivity index (χ2n) is 20.5. The summed E-state index contributed by atoms with van der Waals surface area (Å²) in [5.74, 6) is 3.70. The molecule has 0 N–H and O–H groups in total. The number of aryl methyl sites for hydroxylation is 1. The lowest BCUT2D eigenvalue weighted by molar-refractivity contribution is 0.0929. The average Bonchev–Trinajstić information content (AvgIpc) is 3.50. The van der Waals surface area contributed by atoms with Crippen molar-refractivity contribution in [3.05, 3.63) is 108 Å². The van der Waals surface area contributed by atoms with E-state index in [1.54, 1.807) is 6.07 Å². The fourth-order valence-corrected chi connectivity index (χ4v) is 22.2. The van der Waals surface area contributed by atoms with E-state index in [0.29, 0.717) is 63.6 Å². The molecule has 0 radical (unpaired) electrons. The highest BCUT2D eigenvalue weighted by molar-refractivity contribution is 7.98. The fourth-order valence-electron chi connectivity index (χ4n) is 11.8. The Morgan fingerprint density at radius 3 is 1.92 bits per heavy atom. The van der Waals surface area contributed by atoms with Gasteiger partial charge in [-0.05, 0) is 88.1 Å². The molecule has 3 heterocycles. The summed E-state index contributed by atoms with van der Waals surface area (Å²) in [6.45, 7) is 26.0. The first-order chi connectivity index (χ1) is 31.5. The highest BCUT2D eigenvalue weighted by atomic mass is 32.2. The molecule has 3 atom stereocenters. The van der Waals surface area contributed by atoms with Crippen LogP contribution in [0.3, 0.4) is 0 Å². The van der Waals surface area contributed by atoms with E-state index in [-0.39, 0.29) is 45.6 Å². The first-order valence-corrected chi connectivity index (χ1v) is 29.2. The van der Waals surface area contributed by atoms with Crippen molar-refractivity contribution >= 4 is 66.0 Å². The molecule has 6 nitrogen and oxygen atoms in total. The summed E-state index contributed by atoms with van der Waals surface area (Å²) in [6, 6.07) is 28.9. The molecule has 66 heavy (non-hydrogen) atoms. The van der Waals surface area contributed by atoms with Gasteiger partial charge in [0, 0.05) is 35.9 Å². The third kappa shape index (κ3) is 8.28. The van der Waals surface area contributed by atoms with Crippen LogP contribution in [0.4, 0.5) is 14.6 Å². The van der Waals surface area contributed by atoms with Gasteiger partial charge in [-0.3, -0.25) is 0 Å². The molecule has 346 valence electrons. The normalized spacial score (nSPS) is 17.9. The standard InChI is InChI=1S/C55H66F2N4O2SSi2/c1-13-62-53-47-50(48(57)49(58-53)44-31-37(8)30-38-26-27-45(56)43(46(38)44)28-29-65(34(2)3,35(4)5)36(6)7)59-54(64-12)60-52(47)61-32-39-24-25-40(33-61)51(39)63-66(55(9,10)11,41-20-16-14-17-21-41)42-22-18-15-19-23-42/h14-23,26-27,30-31,34-36,39-40,51H,13,24-25,32-33H2,1-12H3/t39-,40+,51?. The molecule has 2 bridgehead atoms. The van der Waals surface area contributed by atoms with Crippen molar-refractivity contribution in [2.24, 2.45) is 11.8 Å². The van der Waals surface area contributed by atoms with Crippen LogP contribution in [0.25, 0.3) is 32.9 Å². The zero-order chi connectivity index (χ0) is 47.3. The van der Waals surface area contributed by atoms with E-state index in [9.17, 15) is 0 Å². The van der Waals surface area contributed by atoms with E-state index in [1.165, 1.54) is 28.2 Å². The number of piperidine rings is 1. The van der Waals surface area contributed by atoms with Crippen LogP contribution in [-0.2, 0) is 4.43 Å². The van der Waals surface area contributed by atoms with E-state index in [1.807, 2.05) is 32.2 Å². The number of rotatable bonds is 12. The number of hydrogen-bond donors (Lipinski definition) is 0. The minimum Gasteiger partial charge on any atom is -0.477 e. The van der Waals surface area contributed by atoms with Gasteiger partial charge in [-0.25, -0.2) is 23.7 Å². The van der Waals surface area contributed by atoms with Crippen LogP contribution in [0.5, 0.6) is 5.88 Å². The summed E-state index contributed by atoms with van der Waals surface area (Å²) in [5.41, 5.74) is 6.62. The minimum atomic E-state index is -2.82. The molecular formula is C55H66F2N4O2SSi2. The van der Waals surface area contributed by atoms with Crippen LogP contribution in [0.1, 0.15) is 93.2 Å². The van der Waals surface area contributed by atoms with Crippen LogP contribution < -0.4 is 20.0 Å². The number of halogens is 2. The monoisotopic (exact) mass is 940 g/mol. The Morgan fingerprint density at radius 2 is 1.39 bits per heavy atom. The molecule has 4 aromatic carbocycles. The van der Waals surface area contributed by atoms with Crippen LogP contribution in [-0.4, -0.2) is 63.4 Å². The Labute approximate surface area is 397 Å². The minimum absolute atomic E-state index is 0.0373. The largest absolute Gasteiger partial charge is 0.477 e. The Morgan fingerprint density at radius 1 is 0.803 bits per heavy atom. The lowest BCUT2D eigenvalue weighted by Gasteiger charge is -2.49. The lowest BCUT2D eigenvalue weighted by Crippen LogP contribution is -2.69. The van der Waals surface area contributed by atoms with Crippen LogP contribution in [0.15, 0.2) is 90.1 Å². The maximum absolute atomic E-state index is 17.9. The first kappa shape index (κ1) is 47.9. The van der Waals surface area contributed by atoms with Gasteiger partial charge in [-0.2, -0.15) is 0 Å². The van der Waals surface area contributed by atoms with Gasteiger partial charge >= 0.3 is 0 Å². The summed E-state index contributed by atoms with van der Waals surface area (Å²) in [7, 11) is -5.08. The number of fused-ring (bicyclic) bond motifs is 4. The quantitative estimate of drug-likeness (QED) is 0.0524. The van der Waals surface area contributed by atoms with E-state index < -0.39 is 28.0 Å². The molecule has 1 aliphatic carbocycles. The lowest BCUT2D eigenvalue weighted by atomic mass is 9.94. The van der Waals surface area contributed by atoms with Gasteiger partial charge in [0.05, 0.1) is 18.3 Å². The third-order valence-corrected chi connectivity index (χ3v) is 26.6. The van der Waals surface area contributed by atoms with Crippen LogP contribution >= 0.6 is 11.8 Å². The van der Waals surface area contributed by atoms with E-state index in [2.05, 4.69) is 139 Å². The molecule has 1 saturated carbocycles. The Kier molecular flexibility index (Phi) is 13.7. The summed E-state index contributed by atoms with van der Waals surface area (Å²) in [4.78, 5) is 17.4. The summed E-state index contributed by atoms with van der Waals surface area (Å²) < 4.78 is 48.5. The van der Waals surface area contributed by atoms with E-state index >= 15 is 8.78 Å². The second kappa shape index (κ2) is 18.8. The Balaban J connectivity index is 1.26.